The zero-order valence-corrected chi connectivity index (χ0v) is 16.0. The van der Waals surface area contributed by atoms with Crippen molar-refractivity contribution in [3.63, 3.8) is 0 Å². The fourth-order valence-corrected chi connectivity index (χ4v) is 4.34. The molecule has 3 rings (SSSR count). The highest BCUT2D eigenvalue weighted by Gasteiger charge is 2.30. The molecule has 6 heteroatoms. The molecule has 0 aromatic heterocycles. The van der Waals surface area contributed by atoms with Gasteiger partial charge in [0.05, 0.1) is 5.75 Å². The fraction of sp³-hybridized carbons (Fsp3) is 0.611. The summed E-state index contributed by atoms with van der Waals surface area (Å²) in [5, 5.41) is 3.39. The second-order valence-electron chi connectivity index (χ2n) is 6.55. The molecule has 2 saturated heterocycles. The third-order valence-electron chi connectivity index (χ3n) is 4.76. The number of likely N-dealkylation sites (tertiary alicyclic amines) is 1. The number of aryl methyl sites for hydroxylation is 1. The first-order chi connectivity index (χ1) is 11.2. The van der Waals surface area contributed by atoms with Crippen molar-refractivity contribution in [1.82, 2.24) is 15.1 Å². The number of halogens is 1. The van der Waals surface area contributed by atoms with E-state index in [1.54, 1.807) is 11.8 Å². The zero-order valence-electron chi connectivity index (χ0n) is 14.4. The molecule has 1 aromatic carbocycles. The van der Waals surface area contributed by atoms with Crippen molar-refractivity contribution in [2.24, 2.45) is 0 Å². The van der Waals surface area contributed by atoms with Gasteiger partial charge < -0.3 is 10.2 Å². The van der Waals surface area contributed by atoms with E-state index < -0.39 is 0 Å². The van der Waals surface area contributed by atoms with E-state index in [0.717, 1.165) is 51.4 Å². The first kappa shape index (κ1) is 19.6. The van der Waals surface area contributed by atoms with Crippen LogP contribution in [0.25, 0.3) is 0 Å². The molecule has 2 heterocycles. The zero-order chi connectivity index (χ0) is 16.1. The molecule has 0 spiro atoms. The highest BCUT2D eigenvalue weighted by atomic mass is 35.5. The van der Waals surface area contributed by atoms with Crippen molar-refractivity contribution in [1.29, 1.82) is 0 Å². The van der Waals surface area contributed by atoms with Crippen LogP contribution >= 0.6 is 24.2 Å². The van der Waals surface area contributed by atoms with Gasteiger partial charge >= 0.3 is 0 Å². The number of thioether (sulfide) groups is 1. The average Bonchev–Trinajstić information content (AvgIpc) is 3.06. The van der Waals surface area contributed by atoms with E-state index >= 15 is 0 Å². The van der Waals surface area contributed by atoms with Crippen LogP contribution in [0.2, 0.25) is 0 Å². The fourth-order valence-electron chi connectivity index (χ4n) is 3.46. The Hall–Kier alpha value is -0.750. The maximum Gasteiger partial charge on any atom is 0.232 e. The molecule has 1 atom stereocenters. The van der Waals surface area contributed by atoms with Gasteiger partial charge in [0.15, 0.2) is 0 Å². The van der Waals surface area contributed by atoms with Gasteiger partial charge in [0.2, 0.25) is 5.91 Å². The van der Waals surface area contributed by atoms with Crippen molar-refractivity contribution in [2.45, 2.75) is 25.1 Å². The average molecular weight is 370 g/mol. The number of nitrogens with one attached hydrogen (secondary N) is 1. The van der Waals surface area contributed by atoms with Crippen LogP contribution in [0.1, 0.15) is 17.5 Å². The Labute approximate surface area is 155 Å². The van der Waals surface area contributed by atoms with Gasteiger partial charge in [-0.3, -0.25) is 9.69 Å². The highest BCUT2D eigenvalue weighted by Crippen LogP contribution is 2.19. The van der Waals surface area contributed by atoms with Gasteiger partial charge in [-0.25, -0.2) is 0 Å². The Bertz CT molecular complexity index is 537. The molecule has 2 aliphatic rings. The molecule has 2 aliphatic heterocycles. The summed E-state index contributed by atoms with van der Waals surface area (Å²) in [5.41, 5.74) is 2.59. The van der Waals surface area contributed by atoms with Crippen molar-refractivity contribution in [2.75, 3.05) is 45.0 Å². The Balaban J connectivity index is 0.00000208. The van der Waals surface area contributed by atoms with E-state index in [-0.39, 0.29) is 12.4 Å². The second-order valence-corrected chi connectivity index (χ2v) is 7.54. The Kier molecular flexibility index (Phi) is 7.88. The van der Waals surface area contributed by atoms with Crippen molar-refractivity contribution in [3.05, 3.63) is 35.4 Å². The topological polar surface area (TPSA) is 35.6 Å². The largest absolute Gasteiger partial charge is 0.340 e. The molecular formula is C18H28ClN3OS. The maximum atomic E-state index is 12.4. The lowest BCUT2D eigenvalue weighted by molar-refractivity contribution is -0.127. The summed E-state index contributed by atoms with van der Waals surface area (Å²) >= 11 is 1.73. The lowest BCUT2D eigenvalue weighted by Crippen LogP contribution is -2.49. The minimum absolute atomic E-state index is 0. The maximum absolute atomic E-state index is 12.4. The van der Waals surface area contributed by atoms with Crippen LogP contribution < -0.4 is 5.32 Å². The van der Waals surface area contributed by atoms with E-state index in [1.165, 1.54) is 11.1 Å². The van der Waals surface area contributed by atoms with Crippen LogP contribution in [0.4, 0.5) is 0 Å². The standard InChI is InChI=1S/C18H27N3OS.ClH/c1-15-3-2-4-16(11-15)13-23-14-18(22)21-8-5-17(12-21)20-9-6-19-7-10-20;/h2-4,11,17,19H,5-10,12-14H2,1H3;1H. The molecule has 0 bridgehead atoms. The molecule has 2 fully saturated rings. The predicted molar refractivity (Wildman–Crippen MR) is 104 cm³/mol. The van der Waals surface area contributed by atoms with Gasteiger partial charge in [0.1, 0.15) is 0 Å². The van der Waals surface area contributed by atoms with Crippen LogP contribution in [0.5, 0.6) is 0 Å². The molecule has 0 saturated carbocycles. The molecule has 1 amide bonds. The van der Waals surface area contributed by atoms with Crippen molar-refractivity contribution < 1.29 is 4.79 Å². The molecular weight excluding hydrogens is 342 g/mol. The summed E-state index contributed by atoms with van der Waals surface area (Å²) in [6.45, 7) is 8.36. The molecule has 4 nitrogen and oxygen atoms in total. The third-order valence-corrected chi connectivity index (χ3v) is 5.75. The van der Waals surface area contributed by atoms with Crippen LogP contribution in [0.15, 0.2) is 24.3 Å². The van der Waals surface area contributed by atoms with Crippen LogP contribution in [-0.4, -0.2) is 66.8 Å². The first-order valence-corrected chi connectivity index (χ1v) is 9.73. The first-order valence-electron chi connectivity index (χ1n) is 8.58. The lowest BCUT2D eigenvalue weighted by atomic mass is 10.2. The summed E-state index contributed by atoms with van der Waals surface area (Å²) in [6.07, 6.45) is 1.13. The quantitative estimate of drug-likeness (QED) is 0.862. The number of amides is 1. The lowest BCUT2D eigenvalue weighted by Gasteiger charge is -2.32. The van der Waals surface area contributed by atoms with Gasteiger partial charge in [-0.05, 0) is 18.9 Å². The number of piperazine rings is 1. The number of rotatable bonds is 5. The minimum Gasteiger partial charge on any atom is -0.340 e. The summed E-state index contributed by atoms with van der Waals surface area (Å²) in [7, 11) is 0. The summed E-state index contributed by atoms with van der Waals surface area (Å²) in [5.74, 6) is 1.82. The normalized spacial score (nSPS) is 21.5. The Morgan fingerprint density at radius 1 is 1.29 bits per heavy atom. The molecule has 0 radical (unpaired) electrons. The monoisotopic (exact) mass is 369 g/mol. The number of hydrogen-bond acceptors (Lipinski definition) is 4. The van der Waals surface area contributed by atoms with Crippen LogP contribution in [0, 0.1) is 6.92 Å². The Morgan fingerprint density at radius 2 is 2.08 bits per heavy atom. The van der Waals surface area contributed by atoms with Crippen LogP contribution in [0.3, 0.4) is 0 Å². The number of carbonyl (C=O) groups is 1. The van der Waals surface area contributed by atoms with E-state index in [9.17, 15) is 4.79 Å². The predicted octanol–water partition coefficient (Wildman–Crippen LogP) is 2.16. The summed E-state index contributed by atoms with van der Waals surface area (Å²) in [6, 6.07) is 9.11. The van der Waals surface area contributed by atoms with E-state index in [4.69, 9.17) is 0 Å². The molecule has 1 aromatic rings. The molecule has 1 N–H and O–H groups in total. The Morgan fingerprint density at radius 3 is 2.83 bits per heavy atom. The molecule has 134 valence electrons. The van der Waals surface area contributed by atoms with Crippen LogP contribution in [-0.2, 0) is 10.5 Å². The van der Waals surface area contributed by atoms with Gasteiger partial charge in [0, 0.05) is 51.1 Å². The number of hydrogen-bond donors (Lipinski definition) is 1. The number of carbonyl (C=O) groups excluding carboxylic acids is 1. The second kappa shape index (κ2) is 9.66. The number of benzene rings is 1. The smallest absolute Gasteiger partial charge is 0.232 e. The van der Waals surface area contributed by atoms with Gasteiger partial charge in [-0.15, -0.1) is 24.2 Å². The molecule has 1 unspecified atom stereocenters. The van der Waals surface area contributed by atoms with Gasteiger partial charge in [0.25, 0.3) is 0 Å². The van der Waals surface area contributed by atoms with Gasteiger partial charge in [-0.2, -0.15) is 0 Å². The van der Waals surface area contributed by atoms with Crippen molar-refractivity contribution in [3.8, 4) is 0 Å². The summed E-state index contributed by atoms with van der Waals surface area (Å²) in [4.78, 5) is 17.0. The van der Waals surface area contributed by atoms with E-state index in [1.807, 2.05) is 0 Å². The van der Waals surface area contributed by atoms with Crippen molar-refractivity contribution >= 4 is 30.1 Å². The summed E-state index contributed by atoms with van der Waals surface area (Å²) < 4.78 is 0. The number of nitrogens with zero attached hydrogens (tertiary/aromatic N) is 2. The molecule has 24 heavy (non-hydrogen) atoms. The minimum atomic E-state index is 0. The van der Waals surface area contributed by atoms with E-state index in [2.05, 4.69) is 46.3 Å². The molecule has 0 aliphatic carbocycles. The van der Waals surface area contributed by atoms with Gasteiger partial charge in [-0.1, -0.05) is 29.8 Å². The highest BCUT2D eigenvalue weighted by molar-refractivity contribution is 7.99. The third kappa shape index (κ3) is 5.38. The van der Waals surface area contributed by atoms with E-state index in [0.29, 0.717) is 17.7 Å². The SMILES string of the molecule is Cc1cccc(CSCC(=O)N2CCC(N3CCNCC3)C2)c1.Cl.